The van der Waals surface area contributed by atoms with Crippen LogP contribution in [0.2, 0.25) is 0 Å². The number of hydrogen-bond donors (Lipinski definition) is 1. The number of fused-ring (bicyclic) bond motifs is 1. The van der Waals surface area contributed by atoms with Crippen molar-refractivity contribution in [2.24, 2.45) is 5.92 Å². The molecule has 0 aromatic heterocycles. The van der Waals surface area contributed by atoms with Gasteiger partial charge in [-0.2, -0.15) is 0 Å². The fraction of sp³-hybridized carbons (Fsp3) is 0.440. The van der Waals surface area contributed by atoms with Crippen LogP contribution in [-0.4, -0.2) is 55.5 Å². The molecule has 1 fully saturated rings. The minimum Gasteiger partial charge on any atom is -0.492 e. The molecule has 0 bridgehead atoms. The number of Topliss-reactive ketones (excluding diaryl/α,β-unsaturated/α-hetero) is 1. The Hall–Kier alpha value is -3.06. The molecule has 1 N–H and O–H groups in total. The smallest absolute Gasteiger partial charge is 0.241 e. The number of anilines is 1. The van der Waals surface area contributed by atoms with Crippen molar-refractivity contribution < 1.29 is 23.8 Å². The van der Waals surface area contributed by atoms with Gasteiger partial charge in [0.05, 0.1) is 18.3 Å². The molecule has 1 atom stereocenters. The number of nitrogens with zero attached hydrogens (tertiary/aromatic N) is 1. The number of hydrogen-bond acceptors (Lipinski definition) is 6. The van der Waals surface area contributed by atoms with Crippen LogP contribution in [-0.2, 0) is 4.79 Å². The first-order valence-electron chi connectivity index (χ1n) is 11.3. The fourth-order valence-electron chi connectivity index (χ4n) is 4.24. The Morgan fingerprint density at radius 3 is 2.56 bits per heavy atom. The van der Waals surface area contributed by atoms with Gasteiger partial charge in [0.2, 0.25) is 5.91 Å². The van der Waals surface area contributed by atoms with E-state index in [1.165, 1.54) is 0 Å². The zero-order valence-electron chi connectivity index (χ0n) is 18.6. The quantitative estimate of drug-likeness (QED) is 0.663. The topological polar surface area (TPSA) is 77.1 Å². The van der Waals surface area contributed by atoms with Gasteiger partial charge in [-0.05, 0) is 70.1 Å². The summed E-state index contributed by atoms with van der Waals surface area (Å²) in [6.07, 6.45) is 1.45. The largest absolute Gasteiger partial charge is 0.492 e. The van der Waals surface area contributed by atoms with Crippen LogP contribution in [0.1, 0.15) is 37.0 Å². The number of likely N-dealkylation sites (tertiary alicyclic amines) is 1. The SMILES string of the molecule is CCOc1ccccc1NC(=O)[C@@H](C)N1CCC(C(=O)c2ccc3c(c2)OCCO3)CC1. The first-order chi connectivity index (χ1) is 15.6. The van der Waals surface area contributed by atoms with Crippen LogP contribution in [0.3, 0.4) is 0 Å². The first-order valence-corrected chi connectivity index (χ1v) is 11.3. The lowest BCUT2D eigenvalue weighted by Crippen LogP contribution is -2.47. The summed E-state index contributed by atoms with van der Waals surface area (Å²) in [5, 5.41) is 2.98. The molecule has 7 heteroatoms. The van der Waals surface area contributed by atoms with Crippen molar-refractivity contribution in [2.45, 2.75) is 32.7 Å². The Bertz CT molecular complexity index is 969. The third kappa shape index (κ3) is 4.88. The van der Waals surface area contributed by atoms with Gasteiger partial charge in [0.25, 0.3) is 0 Å². The second-order valence-corrected chi connectivity index (χ2v) is 8.13. The maximum atomic E-state index is 13.0. The van der Waals surface area contributed by atoms with E-state index < -0.39 is 0 Å². The molecular formula is C25H30N2O5. The summed E-state index contributed by atoms with van der Waals surface area (Å²) in [6.45, 7) is 6.78. The number of para-hydroxylation sites is 2. The molecule has 1 saturated heterocycles. The van der Waals surface area contributed by atoms with Crippen molar-refractivity contribution in [1.82, 2.24) is 4.90 Å². The van der Waals surface area contributed by atoms with Gasteiger partial charge in [-0.3, -0.25) is 14.5 Å². The van der Waals surface area contributed by atoms with Crippen molar-refractivity contribution >= 4 is 17.4 Å². The van der Waals surface area contributed by atoms with Crippen LogP contribution >= 0.6 is 0 Å². The summed E-state index contributed by atoms with van der Waals surface area (Å²) in [6, 6.07) is 12.6. The predicted molar refractivity (Wildman–Crippen MR) is 122 cm³/mol. The number of carbonyl (C=O) groups excluding carboxylic acids is 2. The summed E-state index contributed by atoms with van der Waals surface area (Å²) in [4.78, 5) is 28.0. The van der Waals surface area contributed by atoms with Gasteiger partial charge in [-0.1, -0.05) is 12.1 Å². The second kappa shape index (κ2) is 10.0. The molecule has 2 heterocycles. The molecule has 0 saturated carbocycles. The van der Waals surface area contributed by atoms with E-state index in [4.69, 9.17) is 14.2 Å². The van der Waals surface area contributed by atoms with Gasteiger partial charge in [0.15, 0.2) is 17.3 Å². The summed E-state index contributed by atoms with van der Waals surface area (Å²) in [5.74, 6) is 1.99. The third-order valence-electron chi connectivity index (χ3n) is 6.10. The Morgan fingerprint density at radius 2 is 1.81 bits per heavy atom. The summed E-state index contributed by atoms with van der Waals surface area (Å²) in [7, 11) is 0. The van der Waals surface area contributed by atoms with E-state index in [9.17, 15) is 9.59 Å². The highest BCUT2D eigenvalue weighted by atomic mass is 16.6. The standard InChI is InChI=1S/C25H30N2O5/c1-3-30-21-7-5-4-6-20(21)26-25(29)17(2)27-12-10-18(11-13-27)24(28)19-8-9-22-23(16-19)32-15-14-31-22/h4-9,16-18H,3,10-15H2,1-2H3,(H,26,29)/t17-/m1/s1. The molecule has 32 heavy (non-hydrogen) atoms. The molecule has 2 aromatic rings. The highest BCUT2D eigenvalue weighted by molar-refractivity contribution is 5.98. The lowest BCUT2D eigenvalue weighted by molar-refractivity contribution is -0.121. The number of ketones is 1. The molecule has 0 radical (unpaired) electrons. The lowest BCUT2D eigenvalue weighted by Gasteiger charge is -2.35. The molecule has 2 aromatic carbocycles. The number of ether oxygens (including phenoxy) is 3. The number of piperidine rings is 1. The van der Waals surface area contributed by atoms with Crippen LogP contribution in [0.15, 0.2) is 42.5 Å². The Balaban J connectivity index is 1.33. The van der Waals surface area contributed by atoms with Gasteiger partial charge in [0.1, 0.15) is 19.0 Å². The average molecular weight is 439 g/mol. The highest BCUT2D eigenvalue weighted by Crippen LogP contribution is 2.33. The van der Waals surface area contributed by atoms with Gasteiger partial charge in [-0.25, -0.2) is 0 Å². The predicted octanol–water partition coefficient (Wildman–Crippen LogP) is 3.78. The van der Waals surface area contributed by atoms with Crippen molar-refractivity contribution in [3.63, 3.8) is 0 Å². The number of nitrogens with one attached hydrogen (secondary N) is 1. The Labute approximate surface area is 188 Å². The van der Waals surface area contributed by atoms with E-state index in [1.807, 2.05) is 50.2 Å². The van der Waals surface area contributed by atoms with Gasteiger partial charge in [0, 0.05) is 11.5 Å². The van der Waals surface area contributed by atoms with E-state index in [2.05, 4.69) is 10.2 Å². The van der Waals surface area contributed by atoms with Crippen LogP contribution in [0.4, 0.5) is 5.69 Å². The van der Waals surface area contributed by atoms with E-state index in [0.29, 0.717) is 61.4 Å². The van der Waals surface area contributed by atoms with Crippen molar-refractivity contribution in [1.29, 1.82) is 0 Å². The summed E-state index contributed by atoms with van der Waals surface area (Å²) in [5.41, 5.74) is 1.33. The van der Waals surface area contributed by atoms with Crippen molar-refractivity contribution in [2.75, 3.05) is 38.2 Å². The normalized spacial score (nSPS) is 17.4. The van der Waals surface area contributed by atoms with E-state index in [1.54, 1.807) is 6.07 Å². The molecule has 7 nitrogen and oxygen atoms in total. The van der Waals surface area contributed by atoms with Crippen LogP contribution in [0.25, 0.3) is 0 Å². The van der Waals surface area contributed by atoms with Crippen LogP contribution in [0.5, 0.6) is 17.2 Å². The Morgan fingerprint density at radius 1 is 1.09 bits per heavy atom. The summed E-state index contributed by atoms with van der Waals surface area (Å²) < 4.78 is 16.7. The molecule has 4 rings (SSSR count). The molecule has 0 spiro atoms. The van der Waals surface area contributed by atoms with Crippen molar-refractivity contribution in [3.05, 3.63) is 48.0 Å². The minimum atomic E-state index is -0.296. The second-order valence-electron chi connectivity index (χ2n) is 8.13. The van der Waals surface area contributed by atoms with Crippen molar-refractivity contribution in [3.8, 4) is 17.2 Å². The fourth-order valence-corrected chi connectivity index (χ4v) is 4.24. The molecule has 2 aliphatic heterocycles. The van der Waals surface area contributed by atoms with Crippen LogP contribution < -0.4 is 19.5 Å². The molecular weight excluding hydrogens is 408 g/mol. The zero-order valence-corrected chi connectivity index (χ0v) is 18.6. The number of carbonyl (C=O) groups is 2. The third-order valence-corrected chi connectivity index (χ3v) is 6.10. The van der Waals surface area contributed by atoms with Crippen LogP contribution in [0, 0.1) is 5.92 Å². The lowest BCUT2D eigenvalue weighted by atomic mass is 9.88. The zero-order chi connectivity index (χ0) is 22.5. The van der Waals surface area contributed by atoms with Gasteiger partial charge < -0.3 is 19.5 Å². The molecule has 0 aliphatic carbocycles. The maximum Gasteiger partial charge on any atom is 0.241 e. The molecule has 0 unspecified atom stereocenters. The number of amides is 1. The molecule has 170 valence electrons. The monoisotopic (exact) mass is 438 g/mol. The molecule has 2 aliphatic rings. The minimum absolute atomic E-state index is 0.0530. The van der Waals surface area contributed by atoms with E-state index >= 15 is 0 Å². The Kier molecular flexibility index (Phi) is 6.95. The first kappa shape index (κ1) is 22.1. The average Bonchev–Trinajstić information content (AvgIpc) is 2.84. The van der Waals surface area contributed by atoms with E-state index in [-0.39, 0.29) is 23.7 Å². The van der Waals surface area contributed by atoms with E-state index in [0.717, 1.165) is 12.8 Å². The summed E-state index contributed by atoms with van der Waals surface area (Å²) >= 11 is 0. The number of rotatable bonds is 7. The van der Waals surface area contributed by atoms with Gasteiger partial charge >= 0.3 is 0 Å². The molecule has 1 amide bonds. The number of benzene rings is 2. The highest BCUT2D eigenvalue weighted by Gasteiger charge is 2.31. The van der Waals surface area contributed by atoms with Gasteiger partial charge in [-0.15, -0.1) is 0 Å². The maximum absolute atomic E-state index is 13.0.